The molecule has 4 rings (SSSR count). The Morgan fingerprint density at radius 3 is 2.42 bits per heavy atom. The Labute approximate surface area is 147 Å². The molecule has 0 saturated heterocycles. The number of rotatable bonds is 2. The van der Waals surface area contributed by atoms with E-state index in [1.54, 1.807) is 7.11 Å². The van der Waals surface area contributed by atoms with Crippen LogP contribution in [-0.2, 0) is 4.74 Å². The van der Waals surface area contributed by atoms with E-state index in [1.807, 2.05) is 0 Å². The summed E-state index contributed by atoms with van der Waals surface area (Å²) in [6.07, 6.45) is 10.2. The van der Waals surface area contributed by atoms with Gasteiger partial charge in [-0.2, -0.15) is 0 Å². The first-order valence-electron chi connectivity index (χ1n) is 10.2. The van der Waals surface area contributed by atoms with E-state index >= 15 is 0 Å². The van der Waals surface area contributed by atoms with Crippen LogP contribution >= 0.6 is 0 Å². The standard InChI is InChI=1S/C21H36O3/c1-19-10-11-21(23,13-24-3)12-14(19)4-5-15-16-6-7-18(22)20(16,2)9-8-17(15)19/h14-18,22-23H,4-13H2,1-3H3/t14-,15?,16-,17-,18?,19-,20-,21+/m0/s1. The minimum atomic E-state index is -0.599. The molecule has 0 heterocycles. The van der Waals surface area contributed by atoms with Crippen molar-refractivity contribution < 1.29 is 14.9 Å². The molecule has 3 heteroatoms. The highest BCUT2D eigenvalue weighted by molar-refractivity contribution is 5.10. The third kappa shape index (κ3) is 2.34. The minimum Gasteiger partial charge on any atom is -0.393 e. The smallest absolute Gasteiger partial charge is 0.0883 e. The summed E-state index contributed by atoms with van der Waals surface area (Å²) in [7, 11) is 1.70. The van der Waals surface area contributed by atoms with Crippen molar-refractivity contribution >= 4 is 0 Å². The molecule has 0 amide bonds. The predicted octanol–water partition coefficient (Wildman–Crippen LogP) is 3.77. The fourth-order valence-corrected chi connectivity index (χ4v) is 7.69. The molecule has 4 saturated carbocycles. The van der Waals surface area contributed by atoms with Crippen LogP contribution in [0.3, 0.4) is 0 Å². The molecule has 0 aromatic rings. The monoisotopic (exact) mass is 336 g/mol. The summed E-state index contributed by atoms with van der Waals surface area (Å²) in [5, 5.41) is 21.4. The molecule has 0 radical (unpaired) electrons. The van der Waals surface area contributed by atoms with Crippen molar-refractivity contribution in [2.24, 2.45) is 34.5 Å². The van der Waals surface area contributed by atoms with Crippen LogP contribution < -0.4 is 0 Å². The summed E-state index contributed by atoms with van der Waals surface area (Å²) in [5.41, 5.74) is -0.0356. The van der Waals surface area contributed by atoms with Gasteiger partial charge in [0, 0.05) is 7.11 Å². The molecule has 0 spiro atoms. The molecule has 0 aromatic carbocycles. The fourth-order valence-electron chi connectivity index (χ4n) is 7.69. The fraction of sp³-hybridized carbons (Fsp3) is 1.00. The lowest BCUT2D eigenvalue weighted by atomic mass is 9.44. The Morgan fingerprint density at radius 1 is 0.917 bits per heavy atom. The average molecular weight is 337 g/mol. The number of ether oxygens (including phenoxy) is 1. The van der Waals surface area contributed by atoms with Crippen LogP contribution in [0.1, 0.15) is 71.6 Å². The Morgan fingerprint density at radius 2 is 1.67 bits per heavy atom. The lowest BCUT2D eigenvalue weighted by molar-refractivity contribution is -0.165. The topological polar surface area (TPSA) is 49.7 Å². The Hall–Kier alpha value is -0.120. The largest absolute Gasteiger partial charge is 0.393 e. The van der Waals surface area contributed by atoms with E-state index in [-0.39, 0.29) is 11.5 Å². The maximum Gasteiger partial charge on any atom is 0.0883 e. The molecular formula is C21H36O3. The molecule has 0 aromatic heterocycles. The first-order valence-corrected chi connectivity index (χ1v) is 10.2. The highest BCUT2D eigenvalue weighted by Gasteiger charge is 2.61. The molecule has 24 heavy (non-hydrogen) atoms. The van der Waals surface area contributed by atoms with Gasteiger partial charge in [0.25, 0.3) is 0 Å². The van der Waals surface area contributed by atoms with Gasteiger partial charge < -0.3 is 14.9 Å². The van der Waals surface area contributed by atoms with E-state index in [4.69, 9.17) is 4.74 Å². The van der Waals surface area contributed by atoms with Gasteiger partial charge in [0.15, 0.2) is 0 Å². The van der Waals surface area contributed by atoms with Crippen molar-refractivity contribution in [3.8, 4) is 0 Å². The van der Waals surface area contributed by atoms with Gasteiger partial charge >= 0.3 is 0 Å². The van der Waals surface area contributed by atoms with Gasteiger partial charge in [-0.05, 0) is 92.3 Å². The van der Waals surface area contributed by atoms with E-state index in [0.29, 0.717) is 17.9 Å². The van der Waals surface area contributed by atoms with Crippen LogP contribution in [-0.4, -0.2) is 35.6 Å². The summed E-state index contributed by atoms with van der Waals surface area (Å²) in [4.78, 5) is 0. The molecular weight excluding hydrogens is 300 g/mol. The van der Waals surface area contributed by atoms with E-state index in [1.165, 1.54) is 32.1 Å². The number of methoxy groups -OCH3 is 1. The molecule has 4 aliphatic carbocycles. The minimum absolute atomic E-state index is 0.0767. The zero-order valence-electron chi connectivity index (χ0n) is 15.8. The summed E-state index contributed by atoms with van der Waals surface area (Å²) < 4.78 is 5.31. The molecule has 3 nitrogen and oxygen atoms in total. The number of aliphatic hydroxyl groups excluding tert-OH is 1. The lowest BCUT2D eigenvalue weighted by Crippen LogP contribution is -2.57. The molecule has 4 fully saturated rings. The van der Waals surface area contributed by atoms with Gasteiger partial charge in [-0.3, -0.25) is 0 Å². The van der Waals surface area contributed by atoms with Gasteiger partial charge in [-0.25, -0.2) is 0 Å². The second kappa shape index (κ2) is 5.69. The number of aliphatic hydroxyl groups is 2. The van der Waals surface area contributed by atoms with E-state index < -0.39 is 5.60 Å². The number of hydrogen-bond acceptors (Lipinski definition) is 3. The van der Waals surface area contributed by atoms with Gasteiger partial charge in [-0.15, -0.1) is 0 Å². The first-order chi connectivity index (χ1) is 11.3. The van der Waals surface area contributed by atoms with Crippen molar-refractivity contribution in [2.45, 2.75) is 83.3 Å². The van der Waals surface area contributed by atoms with Crippen LogP contribution in [0, 0.1) is 34.5 Å². The third-order valence-corrected chi connectivity index (χ3v) is 9.18. The summed E-state index contributed by atoms with van der Waals surface area (Å²) in [6.45, 7) is 5.37. The summed E-state index contributed by atoms with van der Waals surface area (Å²) in [5.74, 6) is 2.97. The van der Waals surface area contributed by atoms with Crippen molar-refractivity contribution in [2.75, 3.05) is 13.7 Å². The maximum atomic E-state index is 10.9. The van der Waals surface area contributed by atoms with E-state index in [9.17, 15) is 10.2 Å². The van der Waals surface area contributed by atoms with Crippen LogP contribution in [0.15, 0.2) is 0 Å². The predicted molar refractivity (Wildman–Crippen MR) is 94.6 cm³/mol. The van der Waals surface area contributed by atoms with Gasteiger partial charge in [0.1, 0.15) is 0 Å². The van der Waals surface area contributed by atoms with Crippen LogP contribution in [0.4, 0.5) is 0 Å². The van der Waals surface area contributed by atoms with Crippen LogP contribution in [0.5, 0.6) is 0 Å². The van der Waals surface area contributed by atoms with E-state index in [2.05, 4.69) is 13.8 Å². The molecule has 8 atom stereocenters. The van der Waals surface area contributed by atoms with Crippen molar-refractivity contribution in [3.05, 3.63) is 0 Å². The Balaban J connectivity index is 1.57. The molecule has 2 unspecified atom stereocenters. The normalized spacial score (nSPS) is 57.1. The zero-order chi connectivity index (χ0) is 17.2. The van der Waals surface area contributed by atoms with Gasteiger partial charge in [0.05, 0.1) is 18.3 Å². The highest BCUT2D eigenvalue weighted by atomic mass is 16.5. The lowest BCUT2D eigenvalue weighted by Gasteiger charge is -2.61. The van der Waals surface area contributed by atoms with Crippen molar-refractivity contribution in [1.29, 1.82) is 0 Å². The molecule has 0 bridgehead atoms. The summed E-state index contributed by atoms with van der Waals surface area (Å²) >= 11 is 0. The summed E-state index contributed by atoms with van der Waals surface area (Å²) in [6, 6.07) is 0. The first kappa shape index (κ1) is 17.3. The van der Waals surface area contributed by atoms with Gasteiger partial charge in [-0.1, -0.05) is 13.8 Å². The molecule has 0 aliphatic heterocycles. The SMILES string of the molecule is COC[C@@]1(O)CC[C@@]2(C)[C@@H](CCC3[C@@H]2CC[C@]2(C)C(O)CC[C@@H]32)C1. The quantitative estimate of drug-likeness (QED) is 0.807. The average Bonchev–Trinajstić information content (AvgIpc) is 2.84. The molecule has 4 aliphatic rings. The maximum absolute atomic E-state index is 10.9. The number of fused-ring (bicyclic) bond motifs is 5. The second-order valence-electron chi connectivity index (χ2n) is 10.2. The number of hydrogen-bond donors (Lipinski definition) is 2. The Kier molecular flexibility index (Phi) is 4.10. The van der Waals surface area contributed by atoms with Crippen molar-refractivity contribution in [3.63, 3.8) is 0 Å². The van der Waals surface area contributed by atoms with E-state index in [0.717, 1.165) is 43.4 Å². The molecule has 2 N–H and O–H groups in total. The zero-order valence-corrected chi connectivity index (χ0v) is 15.8. The van der Waals surface area contributed by atoms with Crippen LogP contribution in [0.25, 0.3) is 0 Å². The molecule has 138 valence electrons. The second-order valence-corrected chi connectivity index (χ2v) is 10.2. The van der Waals surface area contributed by atoms with Gasteiger partial charge in [0.2, 0.25) is 0 Å². The van der Waals surface area contributed by atoms with Crippen molar-refractivity contribution in [1.82, 2.24) is 0 Å². The Bertz CT molecular complexity index is 493. The van der Waals surface area contributed by atoms with Crippen LogP contribution in [0.2, 0.25) is 0 Å². The third-order valence-electron chi connectivity index (χ3n) is 9.18. The highest BCUT2D eigenvalue weighted by Crippen LogP contribution is 2.66.